The molecule has 0 amide bonds. The number of aromatic nitrogens is 2. The summed E-state index contributed by atoms with van der Waals surface area (Å²) in [7, 11) is -3.27. The van der Waals surface area contributed by atoms with Gasteiger partial charge in [0.25, 0.3) is 5.56 Å². The Morgan fingerprint density at radius 2 is 1.77 bits per heavy atom. The Morgan fingerprint density at radius 1 is 1.05 bits per heavy atom. The number of aromatic amines is 1. The number of hydrogen-bond acceptors (Lipinski definition) is 4. The Labute approximate surface area is 127 Å². The van der Waals surface area contributed by atoms with E-state index in [1.807, 2.05) is 12.1 Å². The van der Waals surface area contributed by atoms with Crippen LogP contribution in [0.5, 0.6) is 0 Å². The third kappa shape index (κ3) is 2.65. The minimum Gasteiger partial charge on any atom is -0.310 e. The highest BCUT2D eigenvalue weighted by Gasteiger charge is 2.09. The summed E-state index contributed by atoms with van der Waals surface area (Å²) in [6.07, 6.45) is 1.17. The van der Waals surface area contributed by atoms with Gasteiger partial charge >= 0.3 is 0 Å². The van der Waals surface area contributed by atoms with Gasteiger partial charge in [0.1, 0.15) is 5.82 Å². The van der Waals surface area contributed by atoms with Crippen LogP contribution < -0.4 is 5.56 Å². The third-order valence-corrected chi connectivity index (χ3v) is 4.53. The lowest BCUT2D eigenvalue weighted by atomic mass is 10.0. The van der Waals surface area contributed by atoms with Gasteiger partial charge in [0.05, 0.1) is 15.8 Å². The highest BCUT2D eigenvalue weighted by molar-refractivity contribution is 7.90. The van der Waals surface area contributed by atoms with E-state index in [2.05, 4.69) is 9.97 Å². The minimum absolute atomic E-state index is 0.205. The SMILES string of the molecule is Cc1nc2ccc(-c3cccc(S(C)(=O)=O)c3)cc2c(=O)[nH]1. The van der Waals surface area contributed by atoms with Crippen molar-refractivity contribution in [1.82, 2.24) is 9.97 Å². The molecule has 2 aromatic carbocycles. The lowest BCUT2D eigenvalue weighted by Crippen LogP contribution is -2.09. The quantitative estimate of drug-likeness (QED) is 0.787. The smallest absolute Gasteiger partial charge is 0.258 e. The minimum atomic E-state index is -3.27. The molecule has 1 aromatic heterocycles. The topological polar surface area (TPSA) is 79.9 Å². The molecule has 1 N–H and O–H groups in total. The first-order valence-corrected chi connectivity index (χ1v) is 8.55. The van der Waals surface area contributed by atoms with E-state index < -0.39 is 9.84 Å². The molecular formula is C16H14N2O3S. The molecule has 0 fully saturated rings. The van der Waals surface area contributed by atoms with Crippen LogP contribution in [0.25, 0.3) is 22.0 Å². The van der Waals surface area contributed by atoms with Gasteiger partial charge in [0.15, 0.2) is 9.84 Å². The highest BCUT2D eigenvalue weighted by atomic mass is 32.2. The number of nitrogens with one attached hydrogen (secondary N) is 1. The van der Waals surface area contributed by atoms with Crippen LogP contribution in [-0.4, -0.2) is 24.6 Å². The molecule has 3 aromatic rings. The Bertz CT molecular complexity index is 1040. The second-order valence-corrected chi connectivity index (χ2v) is 7.20. The fourth-order valence-electron chi connectivity index (χ4n) is 2.34. The molecule has 0 saturated heterocycles. The second-order valence-electron chi connectivity index (χ2n) is 5.18. The normalized spacial score (nSPS) is 11.7. The maximum absolute atomic E-state index is 12.0. The van der Waals surface area contributed by atoms with Crippen molar-refractivity contribution in [3.8, 4) is 11.1 Å². The monoisotopic (exact) mass is 314 g/mol. The number of sulfone groups is 1. The zero-order chi connectivity index (χ0) is 15.9. The first-order valence-electron chi connectivity index (χ1n) is 6.66. The van der Waals surface area contributed by atoms with Crippen LogP contribution in [0.4, 0.5) is 0 Å². The zero-order valence-electron chi connectivity index (χ0n) is 12.1. The predicted molar refractivity (Wildman–Crippen MR) is 85.6 cm³/mol. The fourth-order valence-corrected chi connectivity index (χ4v) is 3.01. The lowest BCUT2D eigenvalue weighted by Gasteiger charge is -2.06. The first kappa shape index (κ1) is 14.5. The molecule has 0 aliphatic rings. The van der Waals surface area contributed by atoms with E-state index in [1.165, 1.54) is 6.26 Å². The van der Waals surface area contributed by atoms with Crippen LogP contribution in [0.1, 0.15) is 5.82 Å². The van der Waals surface area contributed by atoms with Gasteiger partial charge in [0, 0.05) is 6.26 Å². The van der Waals surface area contributed by atoms with Gasteiger partial charge in [-0.25, -0.2) is 13.4 Å². The molecule has 3 rings (SSSR count). The standard InChI is InChI=1S/C16H14N2O3S/c1-10-17-15-7-6-12(9-14(15)16(19)18-10)11-4-3-5-13(8-11)22(2,20)21/h3-9H,1-2H3,(H,17,18,19). The van der Waals surface area contributed by atoms with E-state index in [0.717, 1.165) is 11.1 Å². The van der Waals surface area contributed by atoms with Crippen LogP contribution in [0.2, 0.25) is 0 Å². The highest BCUT2D eigenvalue weighted by Crippen LogP contribution is 2.24. The Balaban J connectivity index is 2.21. The number of fused-ring (bicyclic) bond motifs is 1. The van der Waals surface area contributed by atoms with Crippen molar-refractivity contribution in [3.63, 3.8) is 0 Å². The molecule has 0 aliphatic heterocycles. The van der Waals surface area contributed by atoms with E-state index in [4.69, 9.17) is 0 Å². The van der Waals surface area contributed by atoms with Gasteiger partial charge in [-0.15, -0.1) is 0 Å². The molecule has 5 nitrogen and oxygen atoms in total. The molecule has 0 bridgehead atoms. The predicted octanol–water partition coefficient (Wildman–Crippen LogP) is 2.30. The van der Waals surface area contributed by atoms with Crippen molar-refractivity contribution >= 4 is 20.7 Å². The number of hydrogen-bond donors (Lipinski definition) is 1. The molecule has 0 unspecified atom stereocenters. The van der Waals surface area contributed by atoms with Gasteiger partial charge in [-0.1, -0.05) is 18.2 Å². The van der Waals surface area contributed by atoms with Crippen LogP contribution >= 0.6 is 0 Å². The van der Waals surface area contributed by atoms with E-state index in [0.29, 0.717) is 16.7 Å². The molecule has 0 spiro atoms. The number of H-pyrrole nitrogens is 1. The molecule has 6 heteroatoms. The van der Waals surface area contributed by atoms with Crippen molar-refractivity contribution in [3.05, 3.63) is 58.6 Å². The summed E-state index contributed by atoms with van der Waals surface area (Å²) >= 11 is 0. The van der Waals surface area contributed by atoms with E-state index in [-0.39, 0.29) is 10.5 Å². The van der Waals surface area contributed by atoms with Crippen LogP contribution in [0.3, 0.4) is 0 Å². The average molecular weight is 314 g/mol. The average Bonchev–Trinajstić information content (AvgIpc) is 2.46. The molecule has 112 valence electrons. The van der Waals surface area contributed by atoms with Gasteiger partial charge in [-0.3, -0.25) is 4.79 Å². The van der Waals surface area contributed by atoms with Crippen molar-refractivity contribution in [2.24, 2.45) is 0 Å². The Hall–Kier alpha value is -2.47. The Kier molecular flexibility index (Phi) is 3.33. The summed E-state index contributed by atoms with van der Waals surface area (Å²) in [5.74, 6) is 0.560. The fraction of sp³-hybridized carbons (Fsp3) is 0.125. The molecule has 0 saturated carbocycles. The maximum Gasteiger partial charge on any atom is 0.258 e. The second kappa shape index (κ2) is 5.06. The number of aryl methyl sites for hydroxylation is 1. The molecule has 22 heavy (non-hydrogen) atoms. The Morgan fingerprint density at radius 3 is 2.50 bits per heavy atom. The van der Waals surface area contributed by atoms with E-state index in [1.54, 1.807) is 37.3 Å². The number of nitrogens with zero attached hydrogens (tertiary/aromatic N) is 1. The van der Waals surface area contributed by atoms with E-state index in [9.17, 15) is 13.2 Å². The third-order valence-electron chi connectivity index (χ3n) is 3.42. The largest absolute Gasteiger partial charge is 0.310 e. The molecule has 0 aliphatic carbocycles. The van der Waals surface area contributed by atoms with Gasteiger partial charge in [-0.2, -0.15) is 0 Å². The van der Waals surface area contributed by atoms with Crippen molar-refractivity contribution in [1.29, 1.82) is 0 Å². The number of rotatable bonds is 2. The van der Waals surface area contributed by atoms with Crippen molar-refractivity contribution < 1.29 is 8.42 Å². The van der Waals surface area contributed by atoms with Gasteiger partial charge < -0.3 is 4.98 Å². The maximum atomic E-state index is 12.0. The summed E-state index contributed by atoms with van der Waals surface area (Å²) in [6.45, 7) is 1.73. The summed E-state index contributed by atoms with van der Waals surface area (Å²) in [4.78, 5) is 19.2. The molecule has 0 radical (unpaired) electrons. The van der Waals surface area contributed by atoms with Gasteiger partial charge in [0.2, 0.25) is 0 Å². The summed E-state index contributed by atoms with van der Waals surface area (Å²) in [5, 5.41) is 0.479. The summed E-state index contributed by atoms with van der Waals surface area (Å²) in [6, 6.07) is 12.0. The van der Waals surface area contributed by atoms with Crippen molar-refractivity contribution in [2.45, 2.75) is 11.8 Å². The lowest BCUT2D eigenvalue weighted by molar-refractivity contribution is 0.602. The molecule has 1 heterocycles. The van der Waals surface area contributed by atoms with Crippen LogP contribution in [-0.2, 0) is 9.84 Å². The molecule has 0 atom stereocenters. The van der Waals surface area contributed by atoms with Crippen molar-refractivity contribution in [2.75, 3.05) is 6.26 Å². The number of benzene rings is 2. The summed E-state index contributed by atoms with van der Waals surface area (Å²) < 4.78 is 23.3. The van der Waals surface area contributed by atoms with Crippen LogP contribution in [0.15, 0.2) is 52.2 Å². The van der Waals surface area contributed by atoms with Crippen LogP contribution in [0, 0.1) is 6.92 Å². The first-order chi connectivity index (χ1) is 10.3. The zero-order valence-corrected chi connectivity index (χ0v) is 12.9. The van der Waals surface area contributed by atoms with E-state index >= 15 is 0 Å². The summed E-state index contributed by atoms with van der Waals surface area (Å²) in [5.41, 5.74) is 1.92. The van der Waals surface area contributed by atoms with Gasteiger partial charge in [-0.05, 0) is 42.3 Å². The molecular weight excluding hydrogens is 300 g/mol.